The number of carbonyl (C=O) groups excluding carboxylic acids is 1. The van der Waals surface area contributed by atoms with Gasteiger partial charge in [0.2, 0.25) is 0 Å². The zero-order valence-corrected chi connectivity index (χ0v) is 8.97. The molecule has 0 radical (unpaired) electrons. The Hall–Kier alpha value is -2.61. The quantitative estimate of drug-likeness (QED) is 0.825. The van der Waals surface area contributed by atoms with E-state index in [0.717, 1.165) is 5.56 Å². The zero-order valence-electron chi connectivity index (χ0n) is 8.97. The van der Waals surface area contributed by atoms with Crippen LogP contribution < -0.4 is 5.32 Å². The Bertz CT molecular complexity index is 537. The van der Waals surface area contributed by atoms with Gasteiger partial charge in [-0.2, -0.15) is 5.26 Å². The molecule has 0 aliphatic carbocycles. The molecule has 2 aromatic heterocycles. The number of rotatable bonds is 3. The van der Waals surface area contributed by atoms with Gasteiger partial charge < -0.3 is 10.3 Å². The number of hydrogen-bond acceptors (Lipinski definition) is 3. The van der Waals surface area contributed by atoms with Gasteiger partial charge in [-0.05, 0) is 23.8 Å². The van der Waals surface area contributed by atoms with Crippen molar-refractivity contribution in [3.8, 4) is 6.07 Å². The summed E-state index contributed by atoms with van der Waals surface area (Å²) in [6.45, 7) is 0.448. The molecule has 0 atom stereocenters. The maximum Gasteiger partial charge on any atom is 0.270 e. The number of H-pyrrole nitrogens is 1. The van der Waals surface area contributed by atoms with E-state index in [2.05, 4.69) is 15.3 Å². The van der Waals surface area contributed by atoms with Gasteiger partial charge in [0.05, 0.1) is 5.56 Å². The van der Waals surface area contributed by atoms with Crippen molar-refractivity contribution in [3.63, 3.8) is 0 Å². The van der Waals surface area contributed by atoms with E-state index in [0.29, 0.717) is 17.8 Å². The number of hydrogen-bond donors (Lipinski definition) is 2. The molecule has 0 aliphatic heterocycles. The summed E-state index contributed by atoms with van der Waals surface area (Å²) in [5.74, 6) is -0.254. The Morgan fingerprint density at radius 1 is 1.47 bits per heavy atom. The van der Waals surface area contributed by atoms with E-state index in [9.17, 15) is 4.79 Å². The lowest BCUT2D eigenvalue weighted by molar-refractivity contribution is 0.0946. The van der Waals surface area contributed by atoms with E-state index in [4.69, 9.17) is 5.26 Å². The Morgan fingerprint density at radius 2 is 2.35 bits per heavy atom. The monoisotopic (exact) mass is 226 g/mol. The van der Waals surface area contributed by atoms with E-state index in [-0.39, 0.29) is 5.91 Å². The zero-order chi connectivity index (χ0) is 12.1. The average Bonchev–Trinajstić information content (AvgIpc) is 2.89. The number of nitrogens with zero attached hydrogens (tertiary/aromatic N) is 2. The normalized spacial score (nSPS) is 9.59. The topological polar surface area (TPSA) is 81.6 Å². The molecule has 0 saturated heterocycles. The molecule has 0 saturated carbocycles. The second kappa shape index (κ2) is 4.94. The fourth-order valence-corrected chi connectivity index (χ4v) is 1.34. The highest BCUT2D eigenvalue weighted by atomic mass is 16.1. The van der Waals surface area contributed by atoms with Crippen LogP contribution in [0.25, 0.3) is 0 Å². The molecular weight excluding hydrogens is 216 g/mol. The third-order valence-electron chi connectivity index (χ3n) is 2.24. The van der Waals surface area contributed by atoms with Crippen molar-refractivity contribution in [1.29, 1.82) is 5.26 Å². The minimum Gasteiger partial charge on any atom is -0.367 e. The second-order valence-corrected chi connectivity index (χ2v) is 3.45. The summed E-state index contributed by atoms with van der Waals surface area (Å²) in [4.78, 5) is 18.5. The van der Waals surface area contributed by atoms with Gasteiger partial charge >= 0.3 is 0 Å². The van der Waals surface area contributed by atoms with Crippen molar-refractivity contribution < 1.29 is 4.79 Å². The molecule has 0 unspecified atom stereocenters. The van der Waals surface area contributed by atoms with Crippen molar-refractivity contribution in [2.24, 2.45) is 0 Å². The van der Waals surface area contributed by atoms with Crippen LogP contribution in [-0.2, 0) is 6.54 Å². The molecule has 17 heavy (non-hydrogen) atoms. The largest absolute Gasteiger partial charge is 0.367 e. The summed E-state index contributed by atoms with van der Waals surface area (Å²) in [5, 5.41) is 11.3. The van der Waals surface area contributed by atoms with Gasteiger partial charge in [-0.15, -0.1) is 0 Å². The minimum atomic E-state index is -0.254. The lowest BCUT2D eigenvalue weighted by Gasteiger charge is -2.02. The smallest absolute Gasteiger partial charge is 0.270 e. The Labute approximate surface area is 98.1 Å². The Kier molecular flexibility index (Phi) is 3.17. The number of nitrogens with one attached hydrogen (secondary N) is 2. The van der Waals surface area contributed by atoms with Crippen LogP contribution in [0.4, 0.5) is 0 Å². The predicted molar refractivity (Wildman–Crippen MR) is 60.9 cm³/mol. The molecule has 2 N–H and O–H groups in total. The number of aromatic amines is 1. The maximum atomic E-state index is 11.7. The highest BCUT2D eigenvalue weighted by molar-refractivity contribution is 5.92. The minimum absolute atomic E-state index is 0.254. The predicted octanol–water partition coefficient (Wildman–Crippen LogP) is 1.21. The maximum absolute atomic E-state index is 11.7. The second-order valence-electron chi connectivity index (χ2n) is 3.45. The summed E-state index contributed by atoms with van der Waals surface area (Å²) < 4.78 is 0. The fourth-order valence-electron chi connectivity index (χ4n) is 1.34. The van der Waals surface area contributed by atoms with Gasteiger partial charge in [0.25, 0.3) is 5.91 Å². The van der Waals surface area contributed by atoms with Crippen molar-refractivity contribution in [1.82, 2.24) is 15.3 Å². The van der Waals surface area contributed by atoms with E-state index in [1.165, 1.54) is 12.3 Å². The van der Waals surface area contributed by atoms with Gasteiger partial charge in [0.15, 0.2) is 0 Å². The van der Waals surface area contributed by atoms with Crippen molar-refractivity contribution >= 4 is 5.91 Å². The highest BCUT2D eigenvalue weighted by Gasteiger charge is 2.06. The van der Waals surface area contributed by atoms with Crippen LogP contribution in [0.1, 0.15) is 21.6 Å². The average molecular weight is 226 g/mol. The Morgan fingerprint density at radius 3 is 2.94 bits per heavy atom. The third kappa shape index (κ3) is 2.69. The van der Waals surface area contributed by atoms with Crippen molar-refractivity contribution in [2.75, 3.05) is 0 Å². The molecule has 1 amide bonds. The van der Waals surface area contributed by atoms with Crippen LogP contribution in [0.3, 0.4) is 0 Å². The summed E-state index contributed by atoms with van der Waals surface area (Å²) >= 11 is 0. The van der Waals surface area contributed by atoms with Gasteiger partial charge in [0, 0.05) is 25.1 Å². The lowest BCUT2D eigenvalue weighted by Crippen LogP contribution is -2.23. The van der Waals surface area contributed by atoms with E-state index >= 15 is 0 Å². The highest BCUT2D eigenvalue weighted by Crippen LogP contribution is 2.00. The molecule has 5 nitrogen and oxygen atoms in total. The SMILES string of the molecule is N#Cc1ccc(C(=O)NCc2cc[nH]c2)nc1. The van der Waals surface area contributed by atoms with Crippen LogP contribution in [0.2, 0.25) is 0 Å². The van der Waals surface area contributed by atoms with Gasteiger partial charge in [-0.25, -0.2) is 4.98 Å². The van der Waals surface area contributed by atoms with E-state index < -0.39 is 0 Å². The molecule has 2 heterocycles. The summed E-state index contributed by atoms with van der Waals surface area (Å²) in [6, 6.07) is 6.93. The molecule has 0 aliphatic rings. The number of nitriles is 1. The fraction of sp³-hybridized carbons (Fsp3) is 0.0833. The molecule has 2 rings (SSSR count). The van der Waals surface area contributed by atoms with Crippen LogP contribution in [-0.4, -0.2) is 15.9 Å². The van der Waals surface area contributed by atoms with Crippen molar-refractivity contribution in [2.45, 2.75) is 6.54 Å². The number of pyridine rings is 1. The lowest BCUT2D eigenvalue weighted by atomic mass is 10.2. The van der Waals surface area contributed by atoms with E-state index in [1.54, 1.807) is 12.3 Å². The first-order valence-electron chi connectivity index (χ1n) is 5.05. The van der Waals surface area contributed by atoms with Crippen LogP contribution in [0, 0.1) is 11.3 Å². The van der Waals surface area contributed by atoms with Gasteiger partial charge in [-0.1, -0.05) is 0 Å². The third-order valence-corrected chi connectivity index (χ3v) is 2.24. The summed E-state index contributed by atoms with van der Waals surface area (Å²) in [5.41, 5.74) is 1.73. The Balaban J connectivity index is 1.97. The van der Waals surface area contributed by atoms with Gasteiger partial charge in [-0.3, -0.25) is 4.79 Å². The molecule has 5 heteroatoms. The van der Waals surface area contributed by atoms with E-state index in [1.807, 2.05) is 18.3 Å². The molecule has 0 fully saturated rings. The van der Waals surface area contributed by atoms with Crippen molar-refractivity contribution in [3.05, 3.63) is 53.6 Å². The van der Waals surface area contributed by atoms with Gasteiger partial charge in [0.1, 0.15) is 11.8 Å². The first-order valence-corrected chi connectivity index (χ1v) is 5.05. The summed E-state index contributed by atoms with van der Waals surface area (Å²) in [6.07, 6.45) is 4.99. The number of carbonyl (C=O) groups is 1. The van der Waals surface area contributed by atoms with Crippen LogP contribution in [0.5, 0.6) is 0 Å². The molecule has 0 aromatic carbocycles. The molecule has 84 valence electrons. The number of amides is 1. The molecule has 0 bridgehead atoms. The molecule has 0 spiro atoms. The number of aromatic nitrogens is 2. The first-order chi connectivity index (χ1) is 8.29. The molecule has 2 aromatic rings. The van der Waals surface area contributed by atoms with Crippen LogP contribution in [0.15, 0.2) is 36.8 Å². The van der Waals surface area contributed by atoms with Crippen LogP contribution >= 0.6 is 0 Å². The first kappa shape index (κ1) is 10.9. The molecular formula is C12H10N4O. The standard InChI is InChI=1S/C12H10N4O/c13-5-9-1-2-11(15-7-9)12(17)16-8-10-3-4-14-6-10/h1-4,6-7,14H,8H2,(H,16,17). The summed E-state index contributed by atoms with van der Waals surface area (Å²) in [7, 11) is 0.